The summed E-state index contributed by atoms with van der Waals surface area (Å²) in [6.07, 6.45) is 0.233. The molecule has 0 bridgehead atoms. The zero-order valence-electron chi connectivity index (χ0n) is 16.6. The van der Waals surface area contributed by atoms with Gasteiger partial charge in [0.25, 0.3) is 5.92 Å². The van der Waals surface area contributed by atoms with Gasteiger partial charge in [-0.3, -0.25) is 0 Å². The lowest BCUT2D eigenvalue weighted by atomic mass is 10.1. The number of nitrogens with two attached hydrogens (primary N) is 1. The number of benzene rings is 2. The van der Waals surface area contributed by atoms with Crippen LogP contribution >= 0.6 is 0 Å². The first-order chi connectivity index (χ1) is 14.9. The first-order valence-electron chi connectivity index (χ1n) is 9.53. The zero-order valence-corrected chi connectivity index (χ0v) is 16.6. The summed E-state index contributed by atoms with van der Waals surface area (Å²) in [6, 6.07) is 12.9. The Kier molecular flexibility index (Phi) is 5.25. The maximum Gasteiger partial charge on any atom is 0.290 e. The van der Waals surface area contributed by atoms with Crippen LogP contribution in [0.4, 0.5) is 20.3 Å². The number of nitrogen functional groups attached to an aromatic ring is 1. The molecule has 0 spiro atoms. The molecular formula is C21H19F2N7O. The van der Waals surface area contributed by atoms with Crippen LogP contribution in [0, 0.1) is 18.3 Å². The smallest absolute Gasteiger partial charge is 0.290 e. The monoisotopic (exact) mass is 423 g/mol. The van der Waals surface area contributed by atoms with Crippen molar-refractivity contribution in [2.75, 3.05) is 17.6 Å². The predicted molar refractivity (Wildman–Crippen MR) is 111 cm³/mol. The van der Waals surface area contributed by atoms with Crippen LogP contribution in [0.15, 0.2) is 47.1 Å². The highest BCUT2D eigenvalue weighted by atomic mass is 19.3. The van der Waals surface area contributed by atoms with Gasteiger partial charge in [-0.25, -0.2) is 9.61 Å². The molecule has 0 aliphatic rings. The summed E-state index contributed by atoms with van der Waals surface area (Å²) in [4.78, 5) is 4.54. The maximum atomic E-state index is 15.2. The number of nitrogens with zero attached hydrogens (tertiary/aromatic N) is 5. The van der Waals surface area contributed by atoms with Crippen molar-refractivity contribution >= 4 is 22.5 Å². The van der Waals surface area contributed by atoms with E-state index in [0.29, 0.717) is 23.3 Å². The van der Waals surface area contributed by atoms with Gasteiger partial charge in [-0.05, 0) is 47.1 Å². The van der Waals surface area contributed by atoms with Crippen LogP contribution < -0.4 is 11.1 Å². The number of alkyl halides is 2. The summed E-state index contributed by atoms with van der Waals surface area (Å²) in [5.74, 6) is -2.78. The van der Waals surface area contributed by atoms with Gasteiger partial charge >= 0.3 is 0 Å². The molecule has 2 heterocycles. The predicted octanol–water partition coefficient (Wildman–Crippen LogP) is 4.09. The van der Waals surface area contributed by atoms with Crippen LogP contribution in [0.2, 0.25) is 0 Å². The standard InChI is InChI=1S/C21H19F2N7O/c1-13-3-8-17-16(11-13)27-20(18-19(29-31-28-18)26-10-2-9-24)30(17)12-21(22,23)14-4-6-15(25)7-5-14/h3-8,11H,2,10,12,25H2,1H3,(H,26,29). The number of hydrogen-bond acceptors (Lipinski definition) is 7. The largest absolute Gasteiger partial charge is 0.399 e. The molecule has 0 aliphatic carbocycles. The quantitative estimate of drug-likeness (QED) is 0.339. The van der Waals surface area contributed by atoms with Crippen molar-refractivity contribution in [3.05, 3.63) is 53.6 Å². The molecule has 4 aromatic rings. The zero-order chi connectivity index (χ0) is 22.0. The van der Waals surface area contributed by atoms with E-state index in [1.165, 1.54) is 28.8 Å². The number of rotatable bonds is 7. The molecule has 8 nitrogen and oxygen atoms in total. The van der Waals surface area contributed by atoms with Crippen molar-refractivity contribution in [1.82, 2.24) is 19.9 Å². The highest BCUT2D eigenvalue weighted by molar-refractivity contribution is 5.82. The number of anilines is 2. The van der Waals surface area contributed by atoms with E-state index in [0.717, 1.165) is 5.56 Å². The average molecular weight is 423 g/mol. The minimum atomic E-state index is -3.20. The summed E-state index contributed by atoms with van der Waals surface area (Å²) >= 11 is 0. The molecule has 0 saturated heterocycles. The van der Waals surface area contributed by atoms with Crippen molar-refractivity contribution in [2.24, 2.45) is 0 Å². The number of hydrogen-bond donors (Lipinski definition) is 2. The molecule has 2 aromatic carbocycles. The lowest BCUT2D eigenvalue weighted by Crippen LogP contribution is -2.22. The summed E-state index contributed by atoms with van der Waals surface area (Å²) in [5.41, 5.74) is 8.10. The average Bonchev–Trinajstić information content (AvgIpc) is 3.32. The number of imidazole rings is 1. The van der Waals surface area contributed by atoms with E-state index in [1.54, 1.807) is 6.07 Å². The number of fused-ring (bicyclic) bond motifs is 1. The molecule has 0 aliphatic heterocycles. The van der Waals surface area contributed by atoms with Crippen molar-refractivity contribution < 1.29 is 13.4 Å². The Labute approximate surface area is 176 Å². The molecule has 0 unspecified atom stereocenters. The number of nitriles is 1. The molecule has 158 valence electrons. The van der Waals surface area contributed by atoms with E-state index < -0.39 is 12.5 Å². The Bertz CT molecular complexity index is 1260. The molecule has 0 amide bonds. The lowest BCUT2D eigenvalue weighted by molar-refractivity contribution is -0.0208. The van der Waals surface area contributed by atoms with Gasteiger partial charge in [0.05, 0.1) is 30.1 Å². The second-order valence-electron chi connectivity index (χ2n) is 7.14. The van der Waals surface area contributed by atoms with Crippen molar-refractivity contribution in [3.63, 3.8) is 0 Å². The molecule has 3 N–H and O–H groups in total. The minimum Gasteiger partial charge on any atom is -0.399 e. The molecular weight excluding hydrogens is 404 g/mol. The molecule has 2 aromatic heterocycles. The Morgan fingerprint density at radius 1 is 1.19 bits per heavy atom. The van der Waals surface area contributed by atoms with Gasteiger partial charge in [-0.15, -0.1) is 0 Å². The summed E-state index contributed by atoms with van der Waals surface area (Å²) in [7, 11) is 0. The molecule has 31 heavy (non-hydrogen) atoms. The van der Waals surface area contributed by atoms with Gasteiger partial charge in [0, 0.05) is 17.8 Å². The van der Waals surface area contributed by atoms with E-state index in [2.05, 4.69) is 20.6 Å². The molecule has 10 heteroatoms. The van der Waals surface area contributed by atoms with Crippen LogP contribution in [0.5, 0.6) is 0 Å². The third kappa shape index (κ3) is 4.02. The SMILES string of the molecule is Cc1ccc2c(c1)nc(-c1nonc1NCCC#N)n2CC(F)(F)c1ccc(N)cc1. The van der Waals surface area contributed by atoms with Gasteiger partial charge in [0.1, 0.15) is 0 Å². The molecule has 4 rings (SSSR count). The van der Waals surface area contributed by atoms with Crippen LogP contribution in [0.25, 0.3) is 22.6 Å². The van der Waals surface area contributed by atoms with Gasteiger partial charge in [-0.1, -0.05) is 18.2 Å². The minimum absolute atomic E-state index is 0.160. The fourth-order valence-electron chi connectivity index (χ4n) is 3.29. The first-order valence-corrected chi connectivity index (χ1v) is 9.53. The topological polar surface area (TPSA) is 119 Å². The first kappa shape index (κ1) is 20.3. The Hall–Kier alpha value is -4.00. The van der Waals surface area contributed by atoms with Gasteiger partial charge in [-0.2, -0.15) is 14.0 Å². The maximum absolute atomic E-state index is 15.2. The lowest BCUT2D eigenvalue weighted by Gasteiger charge is -2.19. The highest BCUT2D eigenvalue weighted by Gasteiger charge is 2.34. The number of aromatic nitrogens is 4. The highest BCUT2D eigenvalue weighted by Crippen LogP contribution is 2.35. The Morgan fingerprint density at radius 3 is 2.71 bits per heavy atom. The van der Waals surface area contributed by atoms with Gasteiger partial charge < -0.3 is 15.6 Å². The van der Waals surface area contributed by atoms with E-state index in [1.807, 2.05) is 25.1 Å². The number of halogens is 2. The van der Waals surface area contributed by atoms with Crippen LogP contribution in [0.3, 0.4) is 0 Å². The Balaban J connectivity index is 1.80. The van der Waals surface area contributed by atoms with E-state index in [-0.39, 0.29) is 29.3 Å². The van der Waals surface area contributed by atoms with Gasteiger partial charge in [0.15, 0.2) is 11.5 Å². The number of aryl methyl sites for hydroxylation is 1. The molecule has 0 radical (unpaired) electrons. The summed E-state index contributed by atoms with van der Waals surface area (Å²) < 4.78 is 36.7. The fraction of sp³-hybridized carbons (Fsp3) is 0.238. The van der Waals surface area contributed by atoms with Gasteiger partial charge in [0.2, 0.25) is 5.82 Å². The third-order valence-electron chi connectivity index (χ3n) is 4.82. The third-order valence-corrected chi connectivity index (χ3v) is 4.82. The normalized spacial score (nSPS) is 11.5. The second kappa shape index (κ2) is 8.02. The summed E-state index contributed by atoms with van der Waals surface area (Å²) in [6.45, 7) is 1.53. The van der Waals surface area contributed by atoms with Crippen molar-refractivity contribution in [1.29, 1.82) is 5.26 Å². The second-order valence-corrected chi connectivity index (χ2v) is 7.14. The molecule has 0 saturated carbocycles. The van der Waals surface area contributed by atoms with E-state index in [9.17, 15) is 0 Å². The fourth-order valence-corrected chi connectivity index (χ4v) is 3.29. The molecule has 0 fully saturated rings. The summed E-state index contributed by atoms with van der Waals surface area (Å²) in [5, 5.41) is 19.4. The Morgan fingerprint density at radius 2 is 1.97 bits per heavy atom. The van der Waals surface area contributed by atoms with Crippen LogP contribution in [-0.4, -0.2) is 26.4 Å². The van der Waals surface area contributed by atoms with Crippen LogP contribution in [0.1, 0.15) is 17.5 Å². The van der Waals surface area contributed by atoms with E-state index >= 15 is 8.78 Å². The molecule has 0 atom stereocenters. The van der Waals surface area contributed by atoms with Crippen LogP contribution in [-0.2, 0) is 12.5 Å². The van der Waals surface area contributed by atoms with Crippen molar-refractivity contribution in [2.45, 2.75) is 25.8 Å². The van der Waals surface area contributed by atoms with Crippen molar-refractivity contribution in [3.8, 4) is 17.6 Å². The van der Waals surface area contributed by atoms with E-state index in [4.69, 9.17) is 15.6 Å². The number of nitrogens with one attached hydrogen (secondary N) is 1.